The summed E-state index contributed by atoms with van der Waals surface area (Å²) in [5.74, 6) is 1.03. The SMILES string of the molecule is CCC(C)CCCCCCCCC(=O)OC[C@H](COP(=O)(O)OC[C@H](O)COP(=O)(O)OC[C@@H](COC(=O)CCCCCCCCCCCCCCCCCCC(C)C)OC(=O)CCCCCCCCCCCCCCCCC(C)C)OC(=O)CCCCCCCCCCCCCCCCCC(C)C. The number of aliphatic hydroxyl groups is 1. The standard InChI is InChI=1S/C85H166O17P2/c1-9-78(8)64-56-48-43-44-50-58-66-83(88)96-72-81(102-85(90)68-59-51-41-35-29-23-16-12-14-20-26-32-38-46-54-62-76(4)5)74-100-104(93,94)98-70-79(86)69-97-103(91,92)99-73-80(101-84(89)67-60-52-42-36-30-24-18-17-21-27-33-39-47-55-63-77(6)7)71-95-82(87)65-57-49-40-34-28-22-15-11-10-13-19-25-31-37-45-53-61-75(2)3/h75-81,86H,9-74H2,1-8H3,(H,91,92)(H,93,94)/t78?,79-,80-,81-/m1/s1. The Labute approximate surface area is 638 Å². The third-order valence-electron chi connectivity index (χ3n) is 20.2. The molecule has 0 aromatic heterocycles. The fourth-order valence-electron chi connectivity index (χ4n) is 13.1. The molecule has 0 radical (unpaired) electrons. The maximum absolute atomic E-state index is 13.1. The molecule has 3 unspecified atom stereocenters. The Bertz CT molecular complexity index is 2030. The molecule has 0 bridgehead atoms. The van der Waals surface area contributed by atoms with E-state index in [1.807, 2.05) is 0 Å². The van der Waals surface area contributed by atoms with Gasteiger partial charge >= 0.3 is 39.5 Å². The number of unbranched alkanes of at least 4 members (excludes halogenated alkanes) is 47. The van der Waals surface area contributed by atoms with Crippen molar-refractivity contribution in [2.75, 3.05) is 39.6 Å². The van der Waals surface area contributed by atoms with Gasteiger partial charge in [-0.05, 0) is 49.4 Å². The van der Waals surface area contributed by atoms with Gasteiger partial charge in [-0.3, -0.25) is 37.3 Å². The molecule has 0 aromatic rings. The van der Waals surface area contributed by atoms with Crippen molar-refractivity contribution < 1.29 is 80.2 Å². The van der Waals surface area contributed by atoms with E-state index in [0.29, 0.717) is 25.7 Å². The van der Waals surface area contributed by atoms with Gasteiger partial charge in [-0.1, -0.05) is 389 Å². The maximum Gasteiger partial charge on any atom is 0.472 e. The average molecular weight is 1520 g/mol. The predicted molar refractivity (Wildman–Crippen MR) is 428 cm³/mol. The van der Waals surface area contributed by atoms with E-state index >= 15 is 0 Å². The van der Waals surface area contributed by atoms with Crippen LogP contribution in [0, 0.1) is 23.7 Å². The van der Waals surface area contributed by atoms with E-state index in [-0.39, 0.29) is 25.7 Å². The van der Waals surface area contributed by atoms with Crippen LogP contribution in [0.25, 0.3) is 0 Å². The van der Waals surface area contributed by atoms with Gasteiger partial charge < -0.3 is 33.8 Å². The van der Waals surface area contributed by atoms with Crippen LogP contribution in [-0.4, -0.2) is 96.7 Å². The Morgan fingerprint density at radius 1 is 0.269 bits per heavy atom. The molecule has 618 valence electrons. The van der Waals surface area contributed by atoms with E-state index in [1.165, 1.54) is 238 Å². The second-order valence-electron chi connectivity index (χ2n) is 32.2. The molecule has 0 aliphatic carbocycles. The highest BCUT2D eigenvalue weighted by Gasteiger charge is 2.30. The summed E-state index contributed by atoms with van der Waals surface area (Å²) < 4.78 is 68.9. The molecule has 0 amide bonds. The van der Waals surface area contributed by atoms with Crippen LogP contribution in [-0.2, 0) is 65.4 Å². The lowest BCUT2D eigenvalue weighted by molar-refractivity contribution is -0.161. The fraction of sp³-hybridized carbons (Fsp3) is 0.953. The fourth-order valence-corrected chi connectivity index (χ4v) is 14.7. The first kappa shape index (κ1) is 102. The van der Waals surface area contributed by atoms with Crippen molar-refractivity contribution in [3.63, 3.8) is 0 Å². The normalized spacial score (nSPS) is 14.2. The van der Waals surface area contributed by atoms with Crippen LogP contribution in [0.4, 0.5) is 0 Å². The summed E-state index contributed by atoms with van der Waals surface area (Å²) >= 11 is 0. The number of aliphatic hydroxyl groups excluding tert-OH is 1. The summed E-state index contributed by atoms with van der Waals surface area (Å²) in [5.41, 5.74) is 0. The van der Waals surface area contributed by atoms with Crippen LogP contribution >= 0.6 is 15.6 Å². The molecule has 0 aromatic carbocycles. The Morgan fingerprint density at radius 3 is 0.683 bits per heavy atom. The summed E-state index contributed by atoms with van der Waals surface area (Å²) in [6.07, 6.45) is 62.5. The number of esters is 4. The molecular formula is C85H166O17P2. The van der Waals surface area contributed by atoms with Crippen LogP contribution in [0.5, 0.6) is 0 Å². The molecule has 0 saturated heterocycles. The number of hydrogen-bond acceptors (Lipinski definition) is 15. The van der Waals surface area contributed by atoms with Gasteiger partial charge in [0.05, 0.1) is 26.4 Å². The van der Waals surface area contributed by atoms with E-state index in [1.54, 1.807) is 0 Å². The van der Waals surface area contributed by atoms with Gasteiger partial charge in [-0.2, -0.15) is 0 Å². The van der Waals surface area contributed by atoms with Crippen LogP contribution in [0.1, 0.15) is 441 Å². The molecule has 0 fully saturated rings. The number of carbonyl (C=O) groups is 4. The van der Waals surface area contributed by atoms with Gasteiger partial charge in [0, 0.05) is 25.7 Å². The van der Waals surface area contributed by atoms with Crippen LogP contribution in [0.3, 0.4) is 0 Å². The minimum Gasteiger partial charge on any atom is -0.462 e. The molecule has 0 aliphatic rings. The van der Waals surface area contributed by atoms with Crippen molar-refractivity contribution in [1.82, 2.24) is 0 Å². The largest absolute Gasteiger partial charge is 0.472 e. The van der Waals surface area contributed by atoms with E-state index in [2.05, 4.69) is 55.4 Å². The van der Waals surface area contributed by atoms with Crippen molar-refractivity contribution in [3.8, 4) is 0 Å². The van der Waals surface area contributed by atoms with Gasteiger partial charge in [0.1, 0.15) is 19.3 Å². The smallest absolute Gasteiger partial charge is 0.462 e. The first-order valence-electron chi connectivity index (χ1n) is 43.7. The predicted octanol–water partition coefficient (Wildman–Crippen LogP) is 25.6. The van der Waals surface area contributed by atoms with Gasteiger partial charge in [-0.25, -0.2) is 9.13 Å². The number of rotatable bonds is 82. The van der Waals surface area contributed by atoms with Crippen molar-refractivity contribution >= 4 is 39.5 Å². The third-order valence-corrected chi connectivity index (χ3v) is 22.1. The lowest BCUT2D eigenvalue weighted by Crippen LogP contribution is -2.30. The maximum atomic E-state index is 13.1. The van der Waals surface area contributed by atoms with E-state index in [4.69, 9.17) is 37.0 Å². The van der Waals surface area contributed by atoms with Gasteiger partial charge in [-0.15, -0.1) is 0 Å². The molecule has 6 atom stereocenters. The Morgan fingerprint density at radius 2 is 0.462 bits per heavy atom. The zero-order valence-corrected chi connectivity index (χ0v) is 70.5. The summed E-state index contributed by atoms with van der Waals surface area (Å²) in [7, 11) is -9.93. The lowest BCUT2D eigenvalue weighted by Gasteiger charge is -2.21. The average Bonchev–Trinajstić information content (AvgIpc) is 0.922. The van der Waals surface area contributed by atoms with Crippen LogP contribution in [0.2, 0.25) is 0 Å². The molecule has 17 nitrogen and oxygen atoms in total. The Hall–Kier alpha value is -1.94. The first-order valence-corrected chi connectivity index (χ1v) is 46.7. The molecule has 0 spiro atoms. The highest BCUT2D eigenvalue weighted by atomic mass is 31.2. The minimum absolute atomic E-state index is 0.107. The molecule has 0 heterocycles. The number of phosphoric ester groups is 2. The quantitative estimate of drug-likeness (QED) is 0.0222. The second-order valence-corrected chi connectivity index (χ2v) is 35.2. The molecule has 19 heteroatoms. The zero-order valence-electron chi connectivity index (χ0n) is 68.7. The Balaban J connectivity index is 5.24. The summed E-state index contributed by atoms with van der Waals surface area (Å²) in [4.78, 5) is 73.2. The topological polar surface area (TPSA) is 237 Å². The number of carbonyl (C=O) groups excluding carboxylic acids is 4. The second kappa shape index (κ2) is 73.8. The molecule has 0 rings (SSSR count). The monoisotopic (exact) mass is 1520 g/mol. The molecular weight excluding hydrogens is 1350 g/mol. The summed E-state index contributed by atoms with van der Waals surface area (Å²) in [5, 5.41) is 10.7. The van der Waals surface area contributed by atoms with Crippen molar-refractivity contribution in [1.29, 1.82) is 0 Å². The van der Waals surface area contributed by atoms with Gasteiger partial charge in [0.15, 0.2) is 12.2 Å². The van der Waals surface area contributed by atoms with Crippen molar-refractivity contribution in [3.05, 3.63) is 0 Å². The van der Waals surface area contributed by atoms with E-state index in [0.717, 1.165) is 120 Å². The van der Waals surface area contributed by atoms with Gasteiger partial charge in [0.25, 0.3) is 0 Å². The van der Waals surface area contributed by atoms with E-state index in [9.17, 15) is 43.2 Å². The van der Waals surface area contributed by atoms with Crippen LogP contribution in [0.15, 0.2) is 0 Å². The first-order chi connectivity index (χ1) is 50.1. The number of phosphoric acid groups is 2. The van der Waals surface area contributed by atoms with Crippen molar-refractivity contribution in [2.24, 2.45) is 23.7 Å². The molecule has 0 aliphatic heterocycles. The minimum atomic E-state index is -4.97. The Kier molecular flexibility index (Phi) is 72.5. The third kappa shape index (κ3) is 76.8. The molecule has 104 heavy (non-hydrogen) atoms. The number of ether oxygens (including phenoxy) is 4. The van der Waals surface area contributed by atoms with Gasteiger partial charge in [0.2, 0.25) is 0 Å². The van der Waals surface area contributed by atoms with Crippen molar-refractivity contribution in [2.45, 2.75) is 459 Å². The van der Waals surface area contributed by atoms with E-state index < -0.39 is 97.5 Å². The molecule has 0 saturated carbocycles. The summed E-state index contributed by atoms with van der Waals surface area (Å²) in [6.45, 7) is 14.3. The van der Waals surface area contributed by atoms with Crippen LogP contribution < -0.4 is 0 Å². The summed E-state index contributed by atoms with van der Waals surface area (Å²) in [6, 6.07) is 0. The zero-order chi connectivity index (χ0) is 76.7. The molecule has 3 N–H and O–H groups in total. The highest BCUT2D eigenvalue weighted by Crippen LogP contribution is 2.45. The number of hydrogen-bond donors (Lipinski definition) is 3. The highest BCUT2D eigenvalue weighted by molar-refractivity contribution is 7.47. The lowest BCUT2D eigenvalue weighted by atomic mass is 10.00.